The molecule has 1 amide bonds. The predicted octanol–water partition coefficient (Wildman–Crippen LogP) is 5.42. The Morgan fingerprint density at radius 1 is 1.26 bits per heavy atom. The molecule has 3 rings (SSSR count). The lowest BCUT2D eigenvalue weighted by molar-refractivity contribution is 0.102. The van der Waals surface area contributed by atoms with Crippen LogP contribution in [0.15, 0.2) is 51.4 Å². The third kappa shape index (κ3) is 4.18. The molecule has 0 atom stereocenters. The maximum Gasteiger partial charge on any atom is 0.259 e. The summed E-state index contributed by atoms with van der Waals surface area (Å²) < 4.78 is 11.7. The number of halogens is 2. The van der Waals surface area contributed by atoms with Gasteiger partial charge in [-0.3, -0.25) is 4.79 Å². The average molecular weight is 451 g/mol. The first kappa shape index (κ1) is 19.5. The van der Waals surface area contributed by atoms with E-state index in [1.807, 2.05) is 13.0 Å². The van der Waals surface area contributed by atoms with Crippen molar-refractivity contribution in [1.29, 1.82) is 0 Å². The van der Waals surface area contributed by atoms with Crippen LogP contribution in [0.2, 0.25) is 5.02 Å². The fourth-order valence-corrected chi connectivity index (χ4v) is 3.55. The number of carbonyl (C=O) groups is 1. The second-order valence-electron chi connectivity index (χ2n) is 5.88. The Bertz CT molecular complexity index is 1000. The summed E-state index contributed by atoms with van der Waals surface area (Å²) in [5.74, 6) is 1.16. The minimum atomic E-state index is -0.306. The number of hydrogen-bond donors (Lipinski definition) is 2. The molecule has 0 aliphatic rings. The molecule has 2 N–H and O–H groups in total. The number of nitrogens with one attached hydrogen (secondary N) is 1. The van der Waals surface area contributed by atoms with Gasteiger partial charge < -0.3 is 19.6 Å². The van der Waals surface area contributed by atoms with Crippen molar-refractivity contribution in [3.05, 3.63) is 68.8 Å². The van der Waals surface area contributed by atoms with Gasteiger partial charge in [0.15, 0.2) is 0 Å². The van der Waals surface area contributed by atoms with Gasteiger partial charge in [-0.1, -0.05) is 27.5 Å². The maximum absolute atomic E-state index is 12.8. The van der Waals surface area contributed by atoms with Crippen LogP contribution in [0.1, 0.15) is 21.7 Å². The molecular formula is C20H17BrClNO4. The quantitative estimate of drug-likeness (QED) is 0.544. The Morgan fingerprint density at radius 2 is 2.04 bits per heavy atom. The van der Waals surface area contributed by atoms with Gasteiger partial charge in [-0.15, -0.1) is 0 Å². The summed E-state index contributed by atoms with van der Waals surface area (Å²) in [7, 11) is 1.53. The summed E-state index contributed by atoms with van der Waals surface area (Å²) in [5, 5.41) is 12.5. The van der Waals surface area contributed by atoms with E-state index in [2.05, 4.69) is 21.2 Å². The summed E-state index contributed by atoms with van der Waals surface area (Å²) in [6.07, 6.45) is 0. The topological polar surface area (TPSA) is 71.7 Å². The molecule has 0 aliphatic heterocycles. The molecule has 27 heavy (non-hydrogen) atoms. The first-order valence-corrected chi connectivity index (χ1v) is 9.25. The minimum Gasteiger partial charge on any atom is -0.496 e. The van der Waals surface area contributed by atoms with Gasteiger partial charge in [0.2, 0.25) is 0 Å². The molecule has 1 heterocycles. The lowest BCUT2D eigenvalue weighted by Crippen LogP contribution is -2.14. The normalized spacial score (nSPS) is 10.7. The van der Waals surface area contributed by atoms with Crippen LogP contribution in [-0.4, -0.2) is 18.1 Å². The highest BCUT2D eigenvalue weighted by Gasteiger charge is 2.17. The van der Waals surface area contributed by atoms with Gasteiger partial charge in [0, 0.05) is 15.7 Å². The van der Waals surface area contributed by atoms with Crippen LogP contribution in [0, 0.1) is 6.92 Å². The number of benzene rings is 2. The van der Waals surface area contributed by atoms with E-state index in [9.17, 15) is 4.79 Å². The lowest BCUT2D eigenvalue weighted by Gasteiger charge is -2.13. The molecule has 3 aromatic rings. The van der Waals surface area contributed by atoms with Crippen molar-refractivity contribution in [2.45, 2.75) is 13.5 Å². The highest BCUT2D eigenvalue weighted by Crippen LogP contribution is 2.33. The first-order valence-electron chi connectivity index (χ1n) is 8.08. The summed E-state index contributed by atoms with van der Waals surface area (Å²) in [6.45, 7) is 1.67. The van der Waals surface area contributed by atoms with Crippen LogP contribution in [0.25, 0.3) is 11.3 Å². The molecule has 0 bridgehead atoms. The average Bonchev–Trinajstić information content (AvgIpc) is 3.11. The molecule has 140 valence electrons. The number of anilines is 1. The van der Waals surface area contributed by atoms with Gasteiger partial charge in [0.05, 0.1) is 17.7 Å². The van der Waals surface area contributed by atoms with Gasteiger partial charge >= 0.3 is 0 Å². The summed E-state index contributed by atoms with van der Waals surface area (Å²) >= 11 is 9.67. The van der Waals surface area contributed by atoms with Gasteiger partial charge in [-0.25, -0.2) is 0 Å². The number of rotatable bonds is 5. The number of hydrogen-bond acceptors (Lipinski definition) is 4. The van der Waals surface area contributed by atoms with E-state index >= 15 is 0 Å². The lowest BCUT2D eigenvalue weighted by atomic mass is 10.1. The van der Waals surface area contributed by atoms with Gasteiger partial charge in [-0.2, -0.15) is 0 Å². The van der Waals surface area contributed by atoms with Gasteiger partial charge in [0.25, 0.3) is 5.91 Å². The summed E-state index contributed by atoms with van der Waals surface area (Å²) in [4.78, 5) is 12.8. The number of carbonyl (C=O) groups excluding carboxylic acids is 1. The van der Waals surface area contributed by atoms with E-state index in [1.54, 1.807) is 36.4 Å². The van der Waals surface area contributed by atoms with Crippen molar-refractivity contribution in [3.63, 3.8) is 0 Å². The molecule has 0 fully saturated rings. The zero-order valence-corrected chi connectivity index (χ0v) is 17.0. The number of methoxy groups -OCH3 is 1. The monoisotopic (exact) mass is 449 g/mol. The summed E-state index contributed by atoms with van der Waals surface area (Å²) in [5.41, 5.74) is 2.44. The van der Waals surface area contributed by atoms with Gasteiger partial charge in [-0.05, 0) is 55.0 Å². The van der Waals surface area contributed by atoms with Crippen molar-refractivity contribution in [2.75, 3.05) is 12.4 Å². The third-order valence-electron chi connectivity index (χ3n) is 4.00. The zero-order valence-electron chi connectivity index (χ0n) is 14.7. The number of aliphatic hydroxyl groups excluding tert-OH is 1. The van der Waals surface area contributed by atoms with Crippen molar-refractivity contribution in [1.82, 2.24) is 0 Å². The van der Waals surface area contributed by atoms with Crippen molar-refractivity contribution in [3.8, 4) is 17.1 Å². The SMILES string of the molecule is COc1c(C)cc(Br)cc1C(=O)Nc1ccc(Cl)c(-c2ccc(CO)o2)c1. The molecule has 0 unspecified atom stereocenters. The van der Waals surface area contributed by atoms with E-state index in [0.29, 0.717) is 39.1 Å². The molecule has 0 spiro atoms. The molecular weight excluding hydrogens is 434 g/mol. The van der Waals surface area contributed by atoms with Gasteiger partial charge in [0.1, 0.15) is 23.9 Å². The molecule has 7 heteroatoms. The fraction of sp³-hybridized carbons (Fsp3) is 0.150. The van der Waals surface area contributed by atoms with Crippen LogP contribution in [0.5, 0.6) is 5.75 Å². The maximum atomic E-state index is 12.8. The van der Waals surface area contributed by atoms with Crippen LogP contribution in [0.3, 0.4) is 0 Å². The highest BCUT2D eigenvalue weighted by atomic mass is 79.9. The third-order valence-corrected chi connectivity index (χ3v) is 4.78. The molecule has 0 saturated carbocycles. The van der Waals surface area contributed by atoms with Crippen molar-refractivity contribution < 1.29 is 19.1 Å². The molecule has 0 radical (unpaired) electrons. The Morgan fingerprint density at radius 3 is 2.70 bits per heavy atom. The Labute approximate surface area is 170 Å². The Balaban J connectivity index is 1.92. The number of aryl methyl sites for hydroxylation is 1. The predicted molar refractivity (Wildman–Crippen MR) is 108 cm³/mol. The zero-order chi connectivity index (χ0) is 19.6. The molecule has 5 nitrogen and oxygen atoms in total. The van der Waals surface area contributed by atoms with E-state index in [-0.39, 0.29) is 12.5 Å². The number of ether oxygens (including phenoxy) is 1. The van der Waals surface area contributed by atoms with Crippen molar-refractivity contribution >= 4 is 39.1 Å². The Hall–Kier alpha value is -2.28. The molecule has 0 saturated heterocycles. The van der Waals surface area contributed by atoms with Crippen LogP contribution in [0.4, 0.5) is 5.69 Å². The van der Waals surface area contributed by atoms with Crippen LogP contribution in [-0.2, 0) is 6.61 Å². The fourth-order valence-electron chi connectivity index (χ4n) is 2.77. The Kier molecular flexibility index (Phi) is 5.89. The van der Waals surface area contributed by atoms with Crippen LogP contribution >= 0.6 is 27.5 Å². The van der Waals surface area contributed by atoms with E-state index < -0.39 is 0 Å². The smallest absolute Gasteiger partial charge is 0.259 e. The van der Waals surface area contributed by atoms with E-state index in [4.69, 9.17) is 25.9 Å². The molecule has 2 aromatic carbocycles. The largest absolute Gasteiger partial charge is 0.496 e. The number of aliphatic hydroxyl groups is 1. The summed E-state index contributed by atoms with van der Waals surface area (Å²) in [6, 6.07) is 12.1. The standard InChI is InChI=1S/C20H17BrClNO4/c1-11-7-12(21)8-16(19(11)26-2)20(25)23-13-3-5-17(22)15(9-13)18-6-4-14(10-24)27-18/h3-9,24H,10H2,1-2H3,(H,23,25). The molecule has 1 aromatic heterocycles. The van der Waals surface area contributed by atoms with Crippen molar-refractivity contribution in [2.24, 2.45) is 0 Å². The number of amides is 1. The highest BCUT2D eigenvalue weighted by molar-refractivity contribution is 9.10. The molecule has 0 aliphatic carbocycles. The van der Waals surface area contributed by atoms with E-state index in [1.165, 1.54) is 7.11 Å². The second kappa shape index (κ2) is 8.17. The first-order chi connectivity index (χ1) is 12.9. The van der Waals surface area contributed by atoms with E-state index in [0.717, 1.165) is 10.0 Å². The van der Waals surface area contributed by atoms with Crippen LogP contribution < -0.4 is 10.1 Å². The minimum absolute atomic E-state index is 0.198. The number of furan rings is 1. The second-order valence-corrected chi connectivity index (χ2v) is 7.20.